The van der Waals surface area contributed by atoms with Gasteiger partial charge in [0.15, 0.2) is 0 Å². The maximum absolute atomic E-state index is 12.5. The number of ether oxygens (including phenoxy) is 1. The Morgan fingerprint density at radius 2 is 1.87 bits per heavy atom. The van der Waals surface area contributed by atoms with Crippen LogP contribution in [0.25, 0.3) is 0 Å². The molecule has 3 rings (SSSR count). The number of rotatable bonds is 7. The third-order valence-electron chi connectivity index (χ3n) is 4.82. The first kappa shape index (κ1) is 21.8. The molecule has 1 aromatic carbocycles. The molecule has 1 N–H and O–H groups in total. The van der Waals surface area contributed by atoms with Crippen molar-refractivity contribution in [2.45, 2.75) is 53.7 Å². The van der Waals surface area contributed by atoms with Crippen molar-refractivity contribution in [3.63, 3.8) is 0 Å². The van der Waals surface area contributed by atoms with Gasteiger partial charge in [0.1, 0.15) is 11.6 Å². The first-order valence-electron chi connectivity index (χ1n) is 9.90. The second-order valence-electron chi connectivity index (χ2n) is 7.65. The Balaban J connectivity index is 1.55. The van der Waals surface area contributed by atoms with Crippen molar-refractivity contribution in [3.05, 3.63) is 68.9 Å². The summed E-state index contributed by atoms with van der Waals surface area (Å²) in [6.45, 7) is 10.2. The molecule has 2 heterocycles. The number of hydrogen-bond acceptors (Lipinski definition) is 5. The predicted octanol–water partition coefficient (Wildman–Crippen LogP) is 4.99. The van der Waals surface area contributed by atoms with Gasteiger partial charge in [-0.3, -0.25) is 4.79 Å². The molecule has 0 bridgehead atoms. The molecule has 158 valence electrons. The van der Waals surface area contributed by atoms with E-state index in [0.29, 0.717) is 16.3 Å². The Labute approximate surface area is 180 Å². The van der Waals surface area contributed by atoms with E-state index in [1.165, 1.54) is 11.3 Å². The SMILES string of the molecule is Cc1ccc(NC(=O)Cc2nc(COC(=O)c3cc(C)n(C(C)C)c3C)cs2)cc1. The zero-order chi connectivity index (χ0) is 21.8. The van der Waals surface area contributed by atoms with Crippen LogP contribution < -0.4 is 5.32 Å². The van der Waals surface area contributed by atoms with Gasteiger partial charge >= 0.3 is 5.97 Å². The van der Waals surface area contributed by atoms with Crippen molar-refractivity contribution < 1.29 is 14.3 Å². The predicted molar refractivity (Wildman–Crippen MR) is 119 cm³/mol. The number of benzene rings is 1. The minimum absolute atomic E-state index is 0.0836. The Morgan fingerprint density at radius 1 is 1.17 bits per heavy atom. The van der Waals surface area contributed by atoms with E-state index < -0.39 is 0 Å². The second kappa shape index (κ2) is 9.26. The van der Waals surface area contributed by atoms with Gasteiger partial charge in [-0.1, -0.05) is 17.7 Å². The summed E-state index contributed by atoms with van der Waals surface area (Å²) >= 11 is 1.38. The van der Waals surface area contributed by atoms with Crippen molar-refractivity contribution in [1.29, 1.82) is 0 Å². The summed E-state index contributed by atoms with van der Waals surface area (Å²) in [5, 5.41) is 5.36. The monoisotopic (exact) mass is 425 g/mol. The van der Waals surface area contributed by atoms with Crippen LogP contribution in [0.5, 0.6) is 0 Å². The molecule has 7 heteroatoms. The molecule has 0 aliphatic heterocycles. The molecule has 0 unspecified atom stereocenters. The number of anilines is 1. The molecule has 0 aliphatic carbocycles. The number of aromatic nitrogens is 2. The average molecular weight is 426 g/mol. The third kappa shape index (κ3) is 5.16. The van der Waals surface area contributed by atoms with E-state index in [9.17, 15) is 9.59 Å². The van der Waals surface area contributed by atoms with Gasteiger partial charge in [0.05, 0.1) is 17.7 Å². The maximum atomic E-state index is 12.5. The molecule has 0 aliphatic rings. The van der Waals surface area contributed by atoms with Gasteiger partial charge in [-0.15, -0.1) is 11.3 Å². The molecule has 2 aromatic heterocycles. The average Bonchev–Trinajstić information content (AvgIpc) is 3.25. The standard InChI is InChI=1S/C23H27N3O3S/c1-14(2)26-16(4)10-20(17(26)5)23(28)29-12-19-13-30-22(25-19)11-21(27)24-18-8-6-15(3)7-9-18/h6-10,13-14H,11-12H2,1-5H3,(H,24,27). The highest BCUT2D eigenvalue weighted by Gasteiger charge is 2.19. The van der Waals surface area contributed by atoms with Crippen LogP contribution in [-0.2, 0) is 22.6 Å². The fraction of sp³-hybridized carbons (Fsp3) is 0.348. The van der Waals surface area contributed by atoms with Crippen LogP contribution in [0, 0.1) is 20.8 Å². The van der Waals surface area contributed by atoms with E-state index in [0.717, 1.165) is 22.6 Å². The molecule has 3 aromatic rings. The molecule has 0 atom stereocenters. The first-order valence-corrected chi connectivity index (χ1v) is 10.8. The Bertz CT molecular complexity index is 1050. The van der Waals surface area contributed by atoms with Gasteiger partial charge in [0.25, 0.3) is 0 Å². The van der Waals surface area contributed by atoms with Crippen molar-refractivity contribution in [2.24, 2.45) is 0 Å². The summed E-state index contributed by atoms with van der Waals surface area (Å²) in [6, 6.07) is 9.78. The van der Waals surface area contributed by atoms with E-state index in [-0.39, 0.29) is 30.9 Å². The van der Waals surface area contributed by atoms with Crippen molar-refractivity contribution >= 4 is 28.9 Å². The lowest BCUT2D eigenvalue weighted by Crippen LogP contribution is -2.14. The quantitative estimate of drug-likeness (QED) is 0.541. The van der Waals surface area contributed by atoms with E-state index in [1.807, 2.05) is 56.5 Å². The van der Waals surface area contributed by atoms with Gasteiger partial charge in [0.2, 0.25) is 5.91 Å². The highest BCUT2D eigenvalue weighted by atomic mass is 32.1. The van der Waals surface area contributed by atoms with E-state index in [2.05, 4.69) is 28.7 Å². The summed E-state index contributed by atoms with van der Waals surface area (Å²) in [5.41, 5.74) is 5.05. The molecule has 0 saturated carbocycles. The number of esters is 1. The molecule has 0 radical (unpaired) electrons. The number of thiazole rings is 1. The van der Waals surface area contributed by atoms with Crippen LogP contribution in [0.4, 0.5) is 5.69 Å². The van der Waals surface area contributed by atoms with Crippen molar-refractivity contribution in [2.75, 3.05) is 5.32 Å². The van der Waals surface area contributed by atoms with Gasteiger partial charge < -0.3 is 14.6 Å². The Kier molecular flexibility index (Phi) is 6.72. The van der Waals surface area contributed by atoms with Crippen molar-refractivity contribution in [1.82, 2.24) is 9.55 Å². The molecule has 30 heavy (non-hydrogen) atoms. The number of hydrogen-bond donors (Lipinski definition) is 1. The molecular formula is C23H27N3O3S. The number of nitrogens with one attached hydrogen (secondary N) is 1. The van der Waals surface area contributed by atoms with Gasteiger partial charge in [-0.05, 0) is 52.8 Å². The minimum atomic E-state index is -0.360. The van der Waals surface area contributed by atoms with Crippen LogP contribution in [0.1, 0.15) is 57.9 Å². The highest BCUT2D eigenvalue weighted by molar-refractivity contribution is 7.09. The summed E-state index contributed by atoms with van der Waals surface area (Å²) in [7, 11) is 0. The lowest BCUT2D eigenvalue weighted by Gasteiger charge is -2.13. The Hall–Kier alpha value is -2.93. The third-order valence-corrected chi connectivity index (χ3v) is 5.72. The fourth-order valence-electron chi connectivity index (χ4n) is 3.47. The topological polar surface area (TPSA) is 73.2 Å². The van der Waals surface area contributed by atoms with Crippen LogP contribution in [0.2, 0.25) is 0 Å². The molecule has 1 amide bonds. The van der Waals surface area contributed by atoms with Gasteiger partial charge in [-0.25, -0.2) is 9.78 Å². The highest BCUT2D eigenvalue weighted by Crippen LogP contribution is 2.21. The minimum Gasteiger partial charge on any atom is -0.455 e. The lowest BCUT2D eigenvalue weighted by atomic mass is 10.2. The number of nitrogens with zero attached hydrogens (tertiary/aromatic N) is 2. The summed E-state index contributed by atoms with van der Waals surface area (Å²) < 4.78 is 7.57. The number of aryl methyl sites for hydroxylation is 2. The van der Waals surface area contributed by atoms with Gasteiger partial charge in [-0.2, -0.15) is 0 Å². The van der Waals surface area contributed by atoms with Crippen molar-refractivity contribution in [3.8, 4) is 0 Å². The lowest BCUT2D eigenvalue weighted by molar-refractivity contribution is -0.115. The normalized spacial score (nSPS) is 11.0. The summed E-state index contributed by atoms with van der Waals surface area (Å²) in [4.78, 5) is 29.2. The van der Waals surface area contributed by atoms with E-state index in [1.54, 1.807) is 0 Å². The van der Waals surface area contributed by atoms with Crippen LogP contribution >= 0.6 is 11.3 Å². The first-order chi connectivity index (χ1) is 14.2. The smallest absolute Gasteiger partial charge is 0.340 e. The summed E-state index contributed by atoms with van der Waals surface area (Å²) in [6.07, 6.45) is 0.183. The van der Waals surface area contributed by atoms with Crippen LogP contribution in [0.3, 0.4) is 0 Å². The second-order valence-corrected chi connectivity index (χ2v) is 8.59. The number of amides is 1. The Morgan fingerprint density at radius 3 is 2.50 bits per heavy atom. The maximum Gasteiger partial charge on any atom is 0.340 e. The largest absolute Gasteiger partial charge is 0.455 e. The number of carbonyl (C=O) groups excluding carboxylic acids is 2. The molecular weight excluding hydrogens is 398 g/mol. The summed E-state index contributed by atoms with van der Waals surface area (Å²) in [5.74, 6) is -0.487. The molecule has 0 spiro atoms. The van der Waals surface area contributed by atoms with E-state index in [4.69, 9.17) is 4.74 Å². The molecule has 6 nitrogen and oxygen atoms in total. The zero-order valence-electron chi connectivity index (χ0n) is 18.0. The zero-order valence-corrected chi connectivity index (χ0v) is 18.8. The molecule has 0 fully saturated rings. The molecule has 0 saturated heterocycles. The fourth-order valence-corrected chi connectivity index (χ4v) is 4.25. The van der Waals surface area contributed by atoms with Crippen LogP contribution in [0.15, 0.2) is 35.7 Å². The number of carbonyl (C=O) groups is 2. The van der Waals surface area contributed by atoms with Gasteiger partial charge in [0, 0.05) is 28.5 Å². The van der Waals surface area contributed by atoms with E-state index >= 15 is 0 Å². The van der Waals surface area contributed by atoms with Crippen LogP contribution in [-0.4, -0.2) is 21.4 Å².